The number of ether oxygens (including phenoxy) is 2. The van der Waals surface area contributed by atoms with Crippen molar-refractivity contribution in [1.82, 2.24) is 10.3 Å². The topological polar surface area (TPSA) is 83.7 Å². The van der Waals surface area contributed by atoms with Crippen LogP contribution >= 0.6 is 0 Å². The van der Waals surface area contributed by atoms with E-state index in [-0.39, 0.29) is 24.3 Å². The SMILES string of the molecule is COc1cccc(C(C(=O)NC2CCCCC2)N(C(=O)Cc2c[nH]c3ccccc23)c2ccccc2OC)c1. The van der Waals surface area contributed by atoms with E-state index in [4.69, 9.17) is 9.47 Å². The van der Waals surface area contributed by atoms with Crippen LogP contribution in [0, 0.1) is 0 Å². The summed E-state index contributed by atoms with van der Waals surface area (Å²) in [5.41, 5.74) is 3.04. The molecule has 1 unspecified atom stereocenters. The number of para-hydroxylation sites is 3. The third-order valence-corrected chi connectivity index (χ3v) is 7.50. The third-order valence-electron chi connectivity index (χ3n) is 7.50. The second kappa shape index (κ2) is 12.1. The number of carbonyl (C=O) groups is 2. The molecule has 2 amide bonds. The highest BCUT2D eigenvalue weighted by Crippen LogP contribution is 2.37. The molecule has 4 aromatic rings. The summed E-state index contributed by atoms with van der Waals surface area (Å²) in [4.78, 5) is 33.3. The summed E-state index contributed by atoms with van der Waals surface area (Å²) in [6.45, 7) is 0. The molecule has 1 heterocycles. The van der Waals surface area contributed by atoms with Crippen molar-refractivity contribution < 1.29 is 19.1 Å². The van der Waals surface area contributed by atoms with Crippen LogP contribution in [0.5, 0.6) is 11.5 Å². The number of aromatic amines is 1. The van der Waals surface area contributed by atoms with Crippen LogP contribution < -0.4 is 19.7 Å². The molecule has 1 aliphatic carbocycles. The maximum atomic E-state index is 14.3. The Balaban J connectivity index is 1.60. The Bertz CT molecular complexity index is 1440. The average Bonchev–Trinajstić information content (AvgIpc) is 3.38. The Morgan fingerprint density at radius 2 is 1.72 bits per heavy atom. The number of carbonyl (C=O) groups excluding carboxylic acids is 2. The average molecular weight is 526 g/mol. The van der Waals surface area contributed by atoms with E-state index < -0.39 is 6.04 Å². The normalized spacial score (nSPS) is 14.5. The molecule has 1 fully saturated rings. The standard InChI is InChI=1S/C32H35N3O4/c1-38-25-14-10-11-22(19-25)31(32(37)34-24-12-4-3-5-13-24)35(28-17-8-9-18-29(28)39-2)30(36)20-23-21-33-27-16-7-6-15-26(23)27/h6-11,14-19,21,24,31,33H,3-5,12-13,20H2,1-2H3,(H,34,37). The molecule has 202 valence electrons. The number of methoxy groups -OCH3 is 2. The zero-order chi connectivity index (χ0) is 27.2. The van der Waals surface area contributed by atoms with Crippen LogP contribution in [0.25, 0.3) is 10.9 Å². The van der Waals surface area contributed by atoms with Crippen LogP contribution in [-0.2, 0) is 16.0 Å². The Hall–Kier alpha value is -4.26. The molecule has 1 saturated carbocycles. The number of amides is 2. The van der Waals surface area contributed by atoms with Gasteiger partial charge in [-0.25, -0.2) is 0 Å². The van der Waals surface area contributed by atoms with Gasteiger partial charge < -0.3 is 19.8 Å². The van der Waals surface area contributed by atoms with Gasteiger partial charge in [-0.05, 0) is 54.3 Å². The molecule has 39 heavy (non-hydrogen) atoms. The van der Waals surface area contributed by atoms with Gasteiger partial charge in [0.2, 0.25) is 11.8 Å². The second-order valence-electron chi connectivity index (χ2n) is 9.99. The minimum absolute atomic E-state index is 0.0857. The molecular weight excluding hydrogens is 490 g/mol. The smallest absolute Gasteiger partial charge is 0.248 e. The summed E-state index contributed by atoms with van der Waals surface area (Å²) in [6.07, 6.45) is 7.21. The van der Waals surface area contributed by atoms with Crippen molar-refractivity contribution in [3.05, 3.63) is 90.1 Å². The van der Waals surface area contributed by atoms with Crippen molar-refractivity contribution in [2.24, 2.45) is 0 Å². The fraction of sp³-hybridized carbons (Fsp3) is 0.312. The number of H-pyrrole nitrogens is 1. The first-order chi connectivity index (χ1) is 19.1. The third kappa shape index (κ3) is 5.77. The zero-order valence-corrected chi connectivity index (χ0v) is 22.5. The van der Waals surface area contributed by atoms with Crippen LogP contribution in [0.15, 0.2) is 79.0 Å². The second-order valence-corrected chi connectivity index (χ2v) is 9.99. The number of rotatable bonds is 9. The Morgan fingerprint density at radius 3 is 2.51 bits per heavy atom. The van der Waals surface area contributed by atoms with E-state index in [0.717, 1.165) is 42.1 Å². The van der Waals surface area contributed by atoms with Crippen molar-refractivity contribution in [2.75, 3.05) is 19.1 Å². The molecule has 1 atom stereocenters. The Kier molecular flexibility index (Phi) is 8.16. The molecule has 0 radical (unpaired) electrons. The maximum absolute atomic E-state index is 14.3. The fourth-order valence-corrected chi connectivity index (χ4v) is 5.53. The summed E-state index contributed by atoms with van der Waals surface area (Å²) < 4.78 is 11.2. The molecule has 0 saturated heterocycles. The van der Waals surface area contributed by atoms with E-state index in [2.05, 4.69) is 10.3 Å². The van der Waals surface area contributed by atoms with E-state index in [1.165, 1.54) is 6.42 Å². The molecule has 2 N–H and O–H groups in total. The van der Waals surface area contributed by atoms with Gasteiger partial charge in [0.25, 0.3) is 0 Å². The van der Waals surface area contributed by atoms with Gasteiger partial charge in [0.05, 0.1) is 26.3 Å². The highest BCUT2D eigenvalue weighted by atomic mass is 16.5. The molecule has 7 heteroatoms. The lowest BCUT2D eigenvalue weighted by Gasteiger charge is -2.34. The molecule has 1 aliphatic rings. The molecule has 1 aromatic heterocycles. The van der Waals surface area contributed by atoms with Crippen LogP contribution in [-0.4, -0.2) is 37.1 Å². The van der Waals surface area contributed by atoms with Crippen LogP contribution in [0.3, 0.4) is 0 Å². The van der Waals surface area contributed by atoms with Crippen molar-refractivity contribution in [3.8, 4) is 11.5 Å². The van der Waals surface area contributed by atoms with Crippen LogP contribution in [0.2, 0.25) is 0 Å². The Morgan fingerprint density at radius 1 is 0.949 bits per heavy atom. The number of benzene rings is 3. The lowest BCUT2D eigenvalue weighted by Crippen LogP contribution is -2.47. The van der Waals surface area contributed by atoms with Crippen molar-refractivity contribution >= 4 is 28.4 Å². The number of aromatic nitrogens is 1. The molecule has 7 nitrogen and oxygen atoms in total. The first-order valence-corrected chi connectivity index (χ1v) is 13.5. The number of nitrogens with zero attached hydrogens (tertiary/aromatic N) is 1. The molecular formula is C32H35N3O4. The molecule has 0 spiro atoms. The highest BCUT2D eigenvalue weighted by molar-refractivity contribution is 6.04. The van der Waals surface area contributed by atoms with Crippen molar-refractivity contribution in [3.63, 3.8) is 0 Å². The van der Waals surface area contributed by atoms with Crippen LogP contribution in [0.1, 0.15) is 49.3 Å². The molecule has 3 aromatic carbocycles. The summed E-state index contributed by atoms with van der Waals surface area (Å²) in [5, 5.41) is 4.25. The molecule has 5 rings (SSSR count). The highest BCUT2D eigenvalue weighted by Gasteiger charge is 2.36. The van der Waals surface area contributed by atoms with Gasteiger partial charge in [0.15, 0.2) is 0 Å². The van der Waals surface area contributed by atoms with E-state index in [9.17, 15) is 9.59 Å². The van der Waals surface area contributed by atoms with E-state index >= 15 is 0 Å². The first-order valence-electron chi connectivity index (χ1n) is 13.5. The largest absolute Gasteiger partial charge is 0.497 e. The van der Waals surface area contributed by atoms with Gasteiger partial charge in [-0.3, -0.25) is 14.5 Å². The van der Waals surface area contributed by atoms with E-state index in [1.54, 1.807) is 19.1 Å². The lowest BCUT2D eigenvalue weighted by molar-refractivity contribution is -0.127. The molecule has 0 aliphatic heterocycles. The molecule has 0 bridgehead atoms. The van der Waals surface area contributed by atoms with Gasteiger partial charge >= 0.3 is 0 Å². The van der Waals surface area contributed by atoms with Gasteiger partial charge in [-0.2, -0.15) is 0 Å². The van der Waals surface area contributed by atoms with E-state index in [0.29, 0.717) is 22.7 Å². The fourth-order valence-electron chi connectivity index (χ4n) is 5.53. The summed E-state index contributed by atoms with van der Waals surface area (Å²) in [6, 6.07) is 21.8. The number of hydrogen-bond acceptors (Lipinski definition) is 4. The summed E-state index contributed by atoms with van der Waals surface area (Å²) in [5.74, 6) is 0.708. The number of nitrogens with one attached hydrogen (secondary N) is 2. The number of hydrogen-bond donors (Lipinski definition) is 2. The van der Waals surface area contributed by atoms with Crippen molar-refractivity contribution in [2.45, 2.75) is 50.6 Å². The summed E-state index contributed by atoms with van der Waals surface area (Å²) >= 11 is 0. The Labute approximate surface area is 229 Å². The van der Waals surface area contributed by atoms with Crippen molar-refractivity contribution in [1.29, 1.82) is 0 Å². The predicted octanol–water partition coefficient (Wildman–Crippen LogP) is 5.95. The van der Waals surface area contributed by atoms with Gasteiger partial charge in [0.1, 0.15) is 17.5 Å². The van der Waals surface area contributed by atoms with E-state index in [1.807, 2.05) is 79.0 Å². The lowest BCUT2D eigenvalue weighted by atomic mass is 9.94. The maximum Gasteiger partial charge on any atom is 0.248 e. The number of anilines is 1. The van der Waals surface area contributed by atoms with Crippen LogP contribution in [0.4, 0.5) is 5.69 Å². The quantitative estimate of drug-likeness (QED) is 0.283. The zero-order valence-electron chi connectivity index (χ0n) is 22.5. The number of fused-ring (bicyclic) bond motifs is 1. The first kappa shape index (κ1) is 26.4. The monoisotopic (exact) mass is 525 g/mol. The van der Waals surface area contributed by atoms with Gasteiger partial charge in [-0.15, -0.1) is 0 Å². The minimum atomic E-state index is -0.920. The summed E-state index contributed by atoms with van der Waals surface area (Å²) in [7, 11) is 3.17. The van der Waals surface area contributed by atoms with Gasteiger partial charge in [0, 0.05) is 23.1 Å². The minimum Gasteiger partial charge on any atom is -0.497 e. The predicted molar refractivity (Wildman–Crippen MR) is 153 cm³/mol. The van der Waals surface area contributed by atoms with Gasteiger partial charge in [-0.1, -0.05) is 61.7 Å².